The maximum Gasteiger partial charge on any atom is 0.227 e. The number of aromatic nitrogens is 1. The lowest BCUT2D eigenvalue weighted by molar-refractivity contribution is -0.187. The highest BCUT2D eigenvalue weighted by Gasteiger charge is 2.40. The SMILES string of the molecule is Cc1nc2ccccc2c(C)c1CC(=O)N1CCC2(CC1)OCCO2. The third-order valence-corrected chi connectivity index (χ3v) is 5.51. The fourth-order valence-corrected chi connectivity index (χ4v) is 3.98. The minimum absolute atomic E-state index is 0.163. The Morgan fingerprint density at radius 3 is 2.56 bits per heavy atom. The zero-order valence-corrected chi connectivity index (χ0v) is 14.9. The van der Waals surface area contributed by atoms with Crippen LogP contribution in [0.1, 0.15) is 29.7 Å². The van der Waals surface area contributed by atoms with Crippen LogP contribution in [-0.4, -0.2) is 47.9 Å². The van der Waals surface area contributed by atoms with Crippen LogP contribution >= 0.6 is 0 Å². The monoisotopic (exact) mass is 340 g/mol. The molecule has 0 atom stereocenters. The number of fused-ring (bicyclic) bond motifs is 1. The van der Waals surface area contributed by atoms with E-state index in [9.17, 15) is 4.79 Å². The van der Waals surface area contributed by atoms with Crippen LogP contribution in [-0.2, 0) is 20.7 Å². The summed E-state index contributed by atoms with van der Waals surface area (Å²) in [7, 11) is 0. The summed E-state index contributed by atoms with van der Waals surface area (Å²) in [5, 5.41) is 1.13. The lowest BCUT2D eigenvalue weighted by atomic mass is 9.98. The number of aryl methyl sites for hydroxylation is 2. The third-order valence-electron chi connectivity index (χ3n) is 5.51. The highest BCUT2D eigenvalue weighted by molar-refractivity contribution is 5.86. The molecule has 0 unspecified atom stereocenters. The molecule has 0 bridgehead atoms. The van der Waals surface area contributed by atoms with E-state index in [4.69, 9.17) is 9.47 Å². The topological polar surface area (TPSA) is 51.7 Å². The third kappa shape index (κ3) is 3.02. The molecule has 1 spiro atoms. The second-order valence-electron chi connectivity index (χ2n) is 6.98. The predicted octanol–water partition coefficient (Wildman–Crippen LogP) is 2.76. The highest BCUT2D eigenvalue weighted by atomic mass is 16.7. The number of rotatable bonds is 2. The van der Waals surface area contributed by atoms with Crippen LogP contribution in [0.4, 0.5) is 0 Å². The minimum atomic E-state index is -0.437. The average Bonchev–Trinajstić information content (AvgIpc) is 3.07. The number of nitrogens with zero attached hydrogens (tertiary/aromatic N) is 2. The Labute approximate surface area is 147 Å². The number of likely N-dealkylation sites (tertiary alicyclic amines) is 1. The molecule has 2 aliphatic rings. The molecule has 132 valence electrons. The van der Waals surface area contributed by atoms with Gasteiger partial charge in [0.1, 0.15) is 0 Å². The molecule has 0 radical (unpaired) electrons. The van der Waals surface area contributed by atoms with Crippen molar-refractivity contribution in [1.82, 2.24) is 9.88 Å². The molecule has 2 aromatic rings. The summed E-state index contributed by atoms with van der Waals surface area (Å²) < 4.78 is 11.5. The largest absolute Gasteiger partial charge is 0.347 e. The summed E-state index contributed by atoms with van der Waals surface area (Å²) in [6.07, 6.45) is 1.92. The average molecular weight is 340 g/mol. The normalized spacial score (nSPS) is 19.7. The maximum atomic E-state index is 12.8. The maximum absolute atomic E-state index is 12.8. The number of para-hydroxylation sites is 1. The van der Waals surface area contributed by atoms with Gasteiger partial charge in [-0.1, -0.05) is 18.2 Å². The zero-order valence-electron chi connectivity index (χ0n) is 14.9. The predicted molar refractivity (Wildman–Crippen MR) is 95.4 cm³/mol. The number of amides is 1. The Morgan fingerprint density at radius 2 is 1.84 bits per heavy atom. The molecular formula is C20H24N2O3. The van der Waals surface area contributed by atoms with E-state index in [1.165, 1.54) is 0 Å². The van der Waals surface area contributed by atoms with Gasteiger partial charge >= 0.3 is 0 Å². The molecule has 5 nitrogen and oxygen atoms in total. The van der Waals surface area contributed by atoms with Gasteiger partial charge in [0.25, 0.3) is 0 Å². The van der Waals surface area contributed by atoms with Gasteiger partial charge in [-0.3, -0.25) is 9.78 Å². The number of ether oxygens (including phenoxy) is 2. The van der Waals surface area contributed by atoms with Crippen molar-refractivity contribution < 1.29 is 14.3 Å². The molecule has 0 aliphatic carbocycles. The van der Waals surface area contributed by atoms with Crippen LogP contribution in [0.15, 0.2) is 24.3 Å². The van der Waals surface area contributed by atoms with E-state index in [-0.39, 0.29) is 5.91 Å². The zero-order chi connectivity index (χ0) is 17.4. The molecule has 2 saturated heterocycles. The van der Waals surface area contributed by atoms with Gasteiger partial charge in [-0.2, -0.15) is 0 Å². The molecule has 2 fully saturated rings. The van der Waals surface area contributed by atoms with Gasteiger partial charge in [-0.15, -0.1) is 0 Å². The molecule has 3 heterocycles. The number of carbonyl (C=O) groups excluding carboxylic acids is 1. The van der Waals surface area contributed by atoms with Crippen molar-refractivity contribution in [2.24, 2.45) is 0 Å². The Balaban J connectivity index is 1.50. The first-order chi connectivity index (χ1) is 12.1. The van der Waals surface area contributed by atoms with Crippen molar-refractivity contribution in [3.63, 3.8) is 0 Å². The first-order valence-electron chi connectivity index (χ1n) is 8.98. The second kappa shape index (κ2) is 6.39. The molecule has 0 N–H and O–H groups in total. The highest BCUT2D eigenvalue weighted by Crippen LogP contribution is 2.31. The van der Waals surface area contributed by atoms with Gasteiger partial charge in [0.15, 0.2) is 5.79 Å². The fraction of sp³-hybridized carbons (Fsp3) is 0.500. The fourth-order valence-electron chi connectivity index (χ4n) is 3.98. The number of carbonyl (C=O) groups is 1. The molecule has 1 aromatic carbocycles. The summed E-state index contributed by atoms with van der Waals surface area (Å²) in [6, 6.07) is 8.11. The van der Waals surface area contributed by atoms with Crippen LogP contribution in [0.5, 0.6) is 0 Å². The molecule has 25 heavy (non-hydrogen) atoms. The van der Waals surface area contributed by atoms with Gasteiger partial charge in [-0.05, 0) is 31.0 Å². The van der Waals surface area contributed by atoms with Crippen LogP contribution in [0.2, 0.25) is 0 Å². The lowest BCUT2D eigenvalue weighted by Gasteiger charge is -2.37. The second-order valence-corrected chi connectivity index (χ2v) is 6.98. The Hall–Kier alpha value is -1.98. The molecule has 4 rings (SSSR count). The van der Waals surface area contributed by atoms with Crippen molar-refractivity contribution in [3.8, 4) is 0 Å². The van der Waals surface area contributed by atoms with E-state index >= 15 is 0 Å². The molecule has 1 aromatic heterocycles. The Morgan fingerprint density at radius 1 is 1.16 bits per heavy atom. The first-order valence-corrected chi connectivity index (χ1v) is 8.98. The van der Waals surface area contributed by atoms with Crippen molar-refractivity contribution in [2.75, 3.05) is 26.3 Å². The Bertz CT molecular complexity index is 802. The summed E-state index contributed by atoms with van der Waals surface area (Å²) in [5.41, 5.74) is 4.15. The summed E-state index contributed by atoms with van der Waals surface area (Å²) in [4.78, 5) is 19.4. The van der Waals surface area contributed by atoms with Crippen LogP contribution in [0.25, 0.3) is 10.9 Å². The quantitative estimate of drug-likeness (QED) is 0.843. The van der Waals surface area contributed by atoms with Crippen LogP contribution in [0.3, 0.4) is 0 Å². The van der Waals surface area contributed by atoms with Crippen LogP contribution < -0.4 is 0 Å². The molecule has 0 saturated carbocycles. The van der Waals surface area contributed by atoms with Gasteiger partial charge in [0.2, 0.25) is 5.91 Å². The minimum Gasteiger partial charge on any atom is -0.347 e. The number of piperidine rings is 1. The van der Waals surface area contributed by atoms with E-state index in [0.717, 1.165) is 40.6 Å². The number of hydrogen-bond acceptors (Lipinski definition) is 4. The van der Waals surface area contributed by atoms with Crippen molar-refractivity contribution >= 4 is 16.8 Å². The van der Waals surface area contributed by atoms with Crippen molar-refractivity contribution in [3.05, 3.63) is 41.1 Å². The lowest BCUT2D eigenvalue weighted by Crippen LogP contribution is -2.47. The number of benzene rings is 1. The number of hydrogen-bond donors (Lipinski definition) is 0. The van der Waals surface area contributed by atoms with Gasteiger partial charge in [0, 0.05) is 37.0 Å². The molecule has 1 amide bonds. The molecule has 2 aliphatic heterocycles. The Kier molecular flexibility index (Phi) is 4.21. The van der Waals surface area contributed by atoms with Gasteiger partial charge in [-0.25, -0.2) is 0 Å². The standard InChI is InChI=1S/C20H24N2O3/c1-14-16-5-3-4-6-18(16)21-15(2)17(14)13-19(23)22-9-7-20(8-10-22)24-11-12-25-20/h3-6H,7-13H2,1-2H3. The van der Waals surface area contributed by atoms with Crippen LogP contribution in [0, 0.1) is 13.8 Å². The van der Waals surface area contributed by atoms with E-state index in [2.05, 4.69) is 18.0 Å². The number of pyridine rings is 1. The molecular weight excluding hydrogens is 316 g/mol. The van der Waals surface area contributed by atoms with Crippen molar-refractivity contribution in [2.45, 2.75) is 38.9 Å². The van der Waals surface area contributed by atoms with Gasteiger partial charge < -0.3 is 14.4 Å². The van der Waals surface area contributed by atoms with Crippen molar-refractivity contribution in [1.29, 1.82) is 0 Å². The van der Waals surface area contributed by atoms with E-state index in [1.807, 2.05) is 30.0 Å². The summed E-state index contributed by atoms with van der Waals surface area (Å²) >= 11 is 0. The summed E-state index contributed by atoms with van der Waals surface area (Å²) in [5.74, 6) is -0.274. The summed E-state index contributed by atoms with van der Waals surface area (Å²) in [6.45, 7) is 6.79. The smallest absolute Gasteiger partial charge is 0.227 e. The van der Waals surface area contributed by atoms with E-state index in [0.29, 0.717) is 32.7 Å². The van der Waals surface area contributed by atoms with E-state index in [1.54, 1.807) is 0 Å². The van der Waals surface area contributed by atoms with E-state index < -0.39 is 5.79 Å². The van der Waals surface area contributed by atoms with Gasteiger partial charge in [0.05, 0.1) is 25.2 Å². The molecule has 5 heteroatoms. The first kappa shape index (κ1) is 16.5.